The Bertz CT molecular complexity index is 2050. The predicted molar refractivity (Wildman–Crippen MR) is 230 cm³/mol. The minimum Gasteiger partial charge on any atom is -0.490 e. The third-order valence-corrected chi connectivity index (χ3v) is 15.6. The van der Waals surface area contributed by atoms with E-state index >= 15 is 4.39 Å². The summed E-state index contributed by atoms with van der Waals surface area (Å²) in [5.74, 6) is -1.24. The number of fused-ring (bicyclic) bond motifs is 1. The van der Waals surface area contributed by atoms with Crippen LogP contribution in [0.3, 0.4) is 0 Å². The molecule has 0 radical (unpaired) electrons. The third kappa shape index (κ3) is 12.1. The summed E-state index contributed by atoms with van der Waals surface area (Å²) in [6.07, 6.45) is -0.394. The van der Waals surface area contributed by atoms with E-state index in [0.717, 1.165) is 22.5 Å². The first-order chi connectivity index (χ1) is 27.6. The maximum Gasteiger partial charge on any atom is 0.407 e. The van der Waals surface area contributed by atoms with Gasteiger partial charge < -0.3 is 34.5 Å². The number of alkyl carbamates (subject to hydrolysis) is 1. The number of carbonyl (C=O) groups excluding carboxylic acids is 2. The molecule has 59 heavy (non-hydrogen) atoms. The summed E-state index contributed by atoms with van der Waals surface area (Å²) < 4.78 is 48.5. The molecule has 1 aromatic heterocycles. The van der Waals surface area contributed by atoms with E-state index in [0.29, 0.717) is 23.3 Å². The number of pyridine rings is 1. The molecule has 0 bridgehead atoms. The van der Waals surface area contributed by atoms with Crippen LogP contribution in [-0.2, 0) is 26.8 Å². The van der Waals surface area contributed by atoms with Crippen LogP contribution in [0.15, 0.2) is 85.1 Å². The van der Waals surface area contributed by atoms with Gasteiger partial charge >= 0.3 is 6.09 Å². The number of halogens is 2. The van der Waals surface area contributed by atoms with Gasteiger partial charge in [0, 0.05) is 37.3 Å². The van der Waals surface area contributed by atoms with Gasteiger partial charge in [0.1, 0.15) is 41.5 Å². The lowest BCUT2D eigenvalue weighted by molar-refractivity contribution is -0.128. The van der Waals surface area contributed by atoms with E-state index in [1.807, 2.05) is 61.6 Å². The third-order valence-electron chi connectivity index (χ3n) is 11.1. The SMILES string of the molecule is CN(C)c1ccc(-c2ccc(C[C@H](NC(=O)OC(C)(C)C)[C@H](C[C@@H](Cc3ccccc3F)C(=O)N[C@H]3c4cc(F)ccc4OC[C@H]3O)O[Si](C)(C)C(C)(C)C)cc2)cn1. The average molecular weight is 831 g/mol. The normalized spacial score (nSPS) is 17.2. The fourth-order valence-electron chi connectivity index (χ4n) is 6.80. The first kappa shape index (κ1) is 45.2. The van der Waals surface area contributed by atoms with Crippen molar-refractivity contribution in [2.45, 2.75) is 109 Å². The van der Waals surface area contributed by atoms with Crippen molar-refractivity contribution < 1.29 is 37.4 Å². The van der Waals surface area contributed by atoms with Crippen molar-refractivity contribution in [2.24, 2.45) is 5.92 Å². The second-order valence-corrected chi connectivity index (χ2v) is 22.9. The van der Waals surface area contributed by atoms with Gasteiger partial charge in [0.15, 0.2) is 8.32 Å². The maximum atomic E-state index is 15.4. The Morgan fingerprint density at radius 3 is 2.24 bits per heavy atom. The number of aliphatic hydroxyl groups is 1. The van der Waals surface area contributed by atoms with Crippen LogP contribution in [-0.4, -0.2) is 75.0 Å². The minimum absolute atomic E-state index is 0.0142. The number of nitrogens with zero attached hydrogens (tertiary/aromatic N) is 2. The Balaban J connectivity index is 1.55. The van der Waals surface area contributed by atoms with Gasteiger partial charge in [-0.1, -0.05) is 63.2 Å². The molecule has 3 aromatic carbocycles. The van der Waals surface area contributed by atoms with Crippen LogP contribution < -0.4 is 20.3 Å². The molecule has 3 N–H and O–H groups in total. The zero-order valence-corrected chi connectivity index (χ0v) is 36.9. The van der Waals surface area contributed by atoms with Crippen LogP contribution in [0.2, 0.25) is 18.1 Å². The van der Waals surface area contributed by atoms with Crippen molar-refractivity contribution in [3.05, 3.63) is 113 Å². The fourth-order valence-corrected chi connectivity index (χ4v) is 8.17. The highest BCUT2D eigenvalue weighted by Gasteiger charge is 2.43. The Morgan fingerprint density at radius 2 is 1.63 bits per heavy atom. The smallest absolute Gasteiger partial charge is 0.407 e. The summed E-state index contributed by atoms with van der Waals surface area (Å²) in [5, 5.41) is 16.9. The summed E-state index contributed by atoms with van der Waals surface area (Å²) in [4.78, 5) is 34.8. The van der Waals surface area contributed by atoms with Gasteiger partial charge in [-0.25, -0.2) is 18.6 Å². The van der Waals surface area contributed by atoms with Crippen molar-refractivity contribution in [3.63, 3.8) is 0 Å². The van der Waals surface area contributed by atoms with Gasteiger partial charge in [-0.2, -0.15) is 0 Å². The van der Waals surface area contributed by atoms with E-state index in [9.17, 15) is 19.1 Å². The first-order valence-electron chi connectivity index (χ1n) is 20.1. The van der Waals surface area contributed by atoms with E-state index in [2.05, 4.69) is 49.5 Å². The predicted octanol–water partition coefficient (Wildman–Crippen LogP) is 8.78. The second-order valence-electron chi connectivity index (χ2n) is 18.1. The topological polar surface area (TPSA) is 122 Å². The lowest BCUT2D eigenvalue weighted by Gasteiger charge is -2.42. The monoisotopic (exact) mass is 830 g/mol. The molecule has 0 unspecified atom stereocenters. The molecule has 2 heterocycles. The van der Waals surface area contributed by atoms with Crippen LogP contribution in [0.4, 0.5) is 19.4 Å². The molecule has 5 rings (SSSR count). The summed E-state index contributed by atoms with van der Waals surface area (Å²) in [5.41, 5.74) is 2.64. The Morgan fingerprint density at radius 1 is 0.949 bits per heavy atom. The molecule has 0 aliphatic carbocycles. The molecule has 0 fully saturated rings. The number of benzene rings is 3. The molecule has 0 spiro atoms. The van der Waals surface area contributed by atoms with Gasteiger partial charge in [-0.05, 0) is 111 Å². The van der Waals surface area contributed by atoms with Crippen molar-refractivity contribution in [2.75, 3.05) is 25.6 Å². The molecule has 13 heteroatoms. The highest BCUT2D eigenvalue weighted by Crippen LogP contribution is 2.39. The summed E-state index contributed by atoms with van der Waals surface area (Å²) in [6, 6.07) is 20.5. The Hall–Kier alpha value is -4.85. The number of rotatable bonds is 14. The lowest BCUT2D eigenvalue weighted by atomic mass is 9.87. The van der Waals surface area contributed by atoms with Crippen molar-refractivity contribution in [3.8, 4) is 16.9 Å². The van der Waals surface area contributed by atoms with E-state index in [4.69, 9.17) is 13.9 Å². The van der Waals surface area contributed by atoms with E-state index < -0.39 is 67.8 Å². The Labute approximate surface area is 348 Å². The summed E-state index contributed by atoms with van der Waals surface area (Å²) >= 11 is 0. The molecule has 5 atom stereocenters. The number of carbonyl (C=O) groups is 2. The van der Waals surface area contributed by atoms with Gasteiger partial charge in [0.25, 0.3) is 0 Å². The van der Waals surface area contributed by atoms with E-state index in [1.165, 1.54) is 24.3 Å². The summed E-state index contributed by atoms with van der Waals surface area (Å²) in [7, 11) is 1.25. The molecule has 10 nitrogen and oxygen atoms in total. The molecule has 4 aromatic rings. The van der Waals surface area contributed by atoms with E-state index in [-0.39, 0.29) is 24.5 Å². The number of ether oxygens (including phenoxy) is 2. The molecular weight excluding hydrogens is 771 g/mol. The van der Waals surface area contributed by atoms with Crippen LogP contribution >= 0.6 is 0 Å². The zero-order valence-electron chi connectivity index (χ0n) is 35.9. The number of anilines is 1. The van der Waals surface area contributed by atoms with Crippen molar-refractivity contribution in [1.82, 2.24) is 15.6 Å². The van der Waals surface area contributed by atoms with Crippen LogP contribution in [0.5, 0.6) is 5.75 Å². The minimum atomic E-state index is -2.63. The fraction of sp³-hybridized carbons (Fsp3) is 0.457. The van der Waals surface area contributed by atoms with Gasteiger partial charge in [-0.15, -0.1) is 0 Å². The van der Waals surface area contributed by atoms with Gasteiger partial charge in [0.2, 0.25) is 5.91 Å². The molecule has 2 amide bonds. The second kappa shape index (κ2) is 18.6. The molecule has 1 aliphatic heterocycles. The van der Waals surface area contributed by atoms with Gasteiger partial charge in [0.05, 0.1) is 18.2 Å². The number of aliphatic hydroxyl groups excluding tert-OH is 1. The highest BCUT2D eigenvalue weighted by molar-refractivity contribution is 6.74. The molecule has 318 valence electrons. The van der Waals surface area contributed by atoms with Crippen molar-refractivity contribution in [1.29, 1.82) is 0 Å². The highest BCUT2D eigenvalue weighted by atomic mass is 28.4. The largest absolute Gasteiger partial charge is 0.490 e. The van der Waals surface area contributed by atoms with Crippen LogP contribution in [0, 0.1) is 17.6 Å². The number of aromatic nitrogens is 1. The molecule has 0 saturated heterocycles. The van der Waals surface area contributed by atoms with Crippen LogP contribution in [0.1, 0.15) is 70.7 Å². The van der Waals surface area contributed by atoms with E-state index in [1.54, 1.807) is 39.0 Å². The number of amides is 2. The molecular formula is C46H60F2N4O6Si. The quantitative estimate of drug-likeness (QED) is 0.108. The maximum absolute atomic E-state index is 15.4. The zero-order chi connectivity index (χ0) is 43.3. The number of nitrogens with one attached hydrogen (secondary N) is 2. The number of hydrogen-bond donors (Lipinski definition) is 3. The molecule has 0 saturated carbocycles. The number of hydrogen-bond acceptors (Lipinski definition) is 8. The first-order valence-corrected chi connectivity index (χ1v) is 23.0. The van der Waals surface area contributed by atoms with Gasteiger partial charge in [-0.3, -0.25) is 4.79 Å². The van der Waals surface area contributed by atoms with Crippen LogP contribution in [0.25, 0.3) is 11.1 Å². The standard InChI is InChI=1S/C46H60F2N4O6Si/c1-45(2,3)57-44(55)50-37(23-29-15-17-30(18-16-29)32-19-22-41(49-27-32)52(7)8)40(58-59(9,10)46(4,5)6)25-33(24-31-13-11-12-14-36(31)48)43(54)51-42-35-26-34(47)20-21-39(35)56-28-38(42)53/h11-22,26-27,33,37-38,40,42,53H,23-25,28H2,1-10H3,(H,50,55)(H,51,54)/t33-,37+,38-,40+,42+/m1/s1. The average Bonchev–Trinajstić information content (AvgIpc) is 3.15. The Kier molecular flexibility index (Phi) is 14.3. The summed E-state index contributed by atoms with van der Waals surface area (Å²) in [6.45, 7) is 15.8. The lowest BCUT2D eigenvalue weighted by Crippen LogP contribution is -2.54. The molecule has 1 aliphatic rings. The van der Waals surface area contributed by atoms with Crippen molar-refractivity contribution >= 4 is 26.1 Å².